The lowest BCUT2D eigenvalue weighted by atomic mass is 10.1. The van der Waals surface area contributed by atoms with Crippen molar-refractivity contribution in [1.82, 2.24) is 30.2 Å². The van der Waals surface area contributed by atoms with Gasteiger partial charge in [-0.15, -0.1) is 0 Å². The molecule has 0 aromatic carbocycles. The van der Waals surface area contributed by atoms with Crippen molar-refractivity contribution >= 4 is 38.6 Å². The van der Waals surface area contributed by atoms with Gasteiger partial charge in [0.25, 0.3) is 5.91 Å². The Hall–Kier alpha value is -4.69. The van der Waals surface area contributed by atoms with Gasteiger partial charge in [0, 0.05) is 45.3 Å². The minimum atomic E-state index is -3.49. The molecule has 0 radical (unpaired) electrons. The smallest absolute Gasteiger partial charge is 0.410 e. The highest BCUT2D eigenvalue weighted by Crippen LogP contribution is 2.29. The van der Waals surface area contributed by atoms with Crippen LogP contribution in [0.25, 0.3) is 22.3 Å². The van der Waals surface area contributed by atoms with Gasteiger partial charge in [0.1, 0.15) is 5.82 Å². The first-order valence-electron chi connectivity index (χ1n) is 13.5. The molecule has 6 heterocycles. The van der Waals surface area contributed by atoms with Crippen molar-refractivity contribution in [2.24, 2.45) is 0 Å². The molecule has 1 N–H and O–H groups in total. The molecular weight excluding hydrogens is 574 g/mol. The number of aromatic nitrogens is 4. The number of anilines is 1. The maximum atomic E-state index is 12.7. The highest BCUT2D eigenvalue weighted by Gasteiger charge is 2.46. The third-order valence-corrected chi connectivity index (χ3v) is 8.35. The summed E-state index contributed by atoms with van der Waals surface area (Å²) in [6.07, 6.45) is 4.89. The lowest BCUT2D eigenvalue weighted by molar-refractivity contribution is -0.00657. The Balaban J connectivity index is 0.00000384. The molecule has 0 bridgehead atoms. The second kappa shape index (κ2) is 11.2. The van der Waals surface area contributed by atoms with Crippen LogP contribution in [-0.2, 0) is 25.9 Å². The van der Waals surface area contributed by atoms with Crippen molar-refractivity contribution in [3.63, 3.8) is 0 Å². The lowest BCUT2D eigenvalue weighted by Crippen LogP contribution is -2.47. The molecule has 2 aliphatic heterocycles. The predicted molar refractivity (Wildman–Crippen MR) is 158 cm³/mol. The molecule has 13 nitrogen and oxygen atoms in total. The number of nitrogens with one attached hydrogen (secondary N) is 1. The van der Waals surface area contributed by atoms with Gasteiger partial charge in [0.05, 0.1) is 65.9 Å². The van der Waals surface area contributed by atoms with E-state index in [0.29, 0.717) is 55.4 Å². The fourth-order valence-electron chi connectivity index (χ4n) is 5.11. The Bertz CT molecular complexity index is 1840. The van der Waals surface area contributed by atoms with Crippen molar-refractivity contribution < 1.29 is 28.9 Å². The lowest BCUT2D eigenvalue weighted by Gasteiger charge is -2.30. The van der Waals surface area contributed by atoms with E-state index < -0.39 is 21.3 Å². The monoisotopic (exact) mass is 605 g/mol. The molecular formula is C29H31N7O6S. The van der Waals surface area contributed by atoms with E-state index in [2.05, 4.69) is 20.2 Å². The number of hydrogen-bond donors (Lipinski definition) is 1. The van der Waals surface area contributed by atoms with Crippen LogP contribution >= 0.6 is 0 Å². The Kier molecular flexibility index (Phi) is 7.40. The van der Waals surface area contributed by atoms with Gasteiger partial charge in [0.15, 0.2) is 15.4 Å². The third kappa shape index (κ3) is 6.10. The number of hydrogen-bond acceptors (Lipinski definition) is 11. The standard InChI is InChI=1S/C29H29N7O6S.H2/c1-35-16-29(42-28(35)38)17-36(8-9-41-18-29)26-5-3-4-23(34-26)24-7-6-19-13-31-21(11-25(19)33-24)14-32-27(37)20-10-22(15-30-12-20)43(2,39)40;/h3-7,10-13,15H,8-9,14,16-18H2,1-2H3,(H,32,37);1H/t29-;/m1./s1. The van der Waals surface area contributed by atoms with E-state index in [9.17, 15) is 18.0 Å². The number of amides is 2. The summed E-state index contributed by atoms with van der Waals surface area (Å²) >= 11 is 0. The Morgan fingerprint density at radius 1 is 1.09 bits per heavy atom. The minimum absolute atomic E-state index is 0. The van der Waals surface area contributed by atoms with Crippen LogP contribution in [0.15, 0.2) is 66.0 Å². The van der Waals surface area contributed by atoms with Crippen LogP contribution in [-0.4, -0.2) is 97.0 Å². The number of likely N-dealkylation sites (N-methyl/N-ethyl adjacent to an activating group) is 1. The number of ether oxygens (including phenoxy) is 2. The Morgan fingerprint density at radius 3 is 2.72 bits per heavy atom. The predicted octanol–water partition coefficient (Wildman–Crippen LogP) is 2.32. The summed E-state index contributed by atoms with van der Waals surface area (Å²) in [5, 5.41) is 3.57. The van der Waals surface area contributed by atoms with E-state index in [0.717, 1.165) is 17.5 Å². The topological polar surface area (TPSA) is 157 Å². The molecule has 4 aromatic rings. The largest absolute Gasteiger partial charge is 0.437 e. The highest BCUT2D eigenvalue weighted by molar-refractivity contribution is 7.90. The molecule has 2 aliphatic rings. The average molecular weight is 606 g/mol. The molecule has 2 saturated heterocycles. The van der Waals surface area contributed by atoms with Gasteiger partial charge >= 0.3 is 6.09 Å². The highest BCUT2D eigenvalue weighted by atomic mass is 32.2. The molecule has 0 unspecified atom stereocenters. The first-order valence-corrected chi connectivity index (χ1v) is 15.4. The van der Waals surface area contributed by atoms with E-state index in [1.54, 1.807) is 24.2 Å². The van der Waals surface area contributed by atoms with E-state index in [4.69, 9.17) is 19.4 Å². The summed E-state index contributed by atoms with van der Waals surface area (Å²) in [7, 11) is -1.78. The summed E-state index contributed by atoms with van der Waals surface area (Å²) in [4.78, 5) is 46.4. The summed E-state index contributed by atoms with van der Waals surface area (Å²) in [5.41, 5.74) is 1.96. The Labute approximate surface area is 249 Å². The summed E-state index contributed by atoms with van der Waals surface area (Å²) in [5.74, 6) is 0.254. The van der Waals surface area contributed by atoms with Crippen LogP contribution < -0.4 is 10.2 Å². The van der Waals surface area contributed by atoms with Gasteiger partial charge in [0.2, 0.25) is 0 Å². The number of sulfone groups is 1. The van der Waals surface area contributed by atoms with Gasteiger partial charge in [-0.25, -0.2) is 23.2 Å². The number of rotatable bonds is 6. The van der Waals surface area contributed by atoms with Crippen LogP contribution in [0.4, 0.5) is 10.6 Å². The molecule has 14 heteroatoms. The maximum absolute atomic E-state index is 12.7. The fraction of sp³-hybridized carbons (Fsp3) is 0.310. The van der Waals surface area contributed by atoms with Crippen LogP contribution in [0, 0.1) is 0 Å². The second-order valence-electron chi connectivity index (χ2n) is 10.7. The van der Waals surface area contributed by atoms with E-state index in [-0.39, 0.29) is 24.5 Å². The van der Waals surface area contributed by atoms with Gasteiger partial charge < -0.3 is 24.6 Å². The zero-order valence-electron chi connectivity index (χ0n) is 23.6. The SMILES string of the molecule is CN1C[C@@]2(COCCN(c3cccc(-c4ccc5cnc(CNC(=O)c6cncc(S(C)(=O)=O)c6)cc5n4)n3)C2)OC1=O.[HH]. The number of fused-ring (bicyclic) bond motifs is 1. The average Bonchev–Trinajstić information content (AvgIpc) is 3.14. The van der Waals surface area contributed by atoms with Gasteiger partial charge in [-0.2, -0.15) is 0 Å². The van der Waals surface area contributed by atoms with Crippen molar-refractivity contribution in [2.75, 3.05) is 51.1 Å². The first kappa shape index (κ1) is 28.4. The summed E-state index contributed by atoms with van der Waals surface area (Å²) < 4.78 is 35.1. The summed E-state index contributed by atoms with van der Waals surface area (Å²) in [6.45, 7) is 2.41. The van der Waals surface area contributed by atoms with E-state index in [1.807, 2.05) is 30.3 Å². The zero-order chi connectivity index (χ0) is 30.2. The van der Waals surface area contributed by atoms with Crippen molar-refractivity contribution in [3.8, 4) is 11.4 Å². The summed E-state index contributed by atoms with van der Waals surface area (Å²) in [6, 6.07) is 12.6. The van der Waals surface area contributed by atoms with Crippen LogP contribution in [0.2, 0.25) is 0 Å². The fourth-order valence-corrected chi connectivity index (χ4v) is 5.70. The van der Waals surface area contributed by atoms with Crippen LogP contribution in [0.3, 0.4) is 0 Å². The molecule has 0 aliphatic carbocycles. The zero-order valence-corrected chi connectivity index (χ0v) is 24.4. The Morgan fingerprint density at radius 2 is 1.93 bits per heavy atom. The maximum Gasteiger partial charge on any atom is 0.410 e. The number of carbonyl (C=O) groups is 2. The molecule has 224 valence electrons. The van der Waals surface area contributed by atoms with E-state index in [1.165, 1.54) is 18.5 Å². The molecule has 4 aromatic heterocycles. The molecule has 2 fully saturated rings. The van der Waals surface area contributed by atoms with Crippen molar-refractivity contribution in [2.45, 2.75) is 17.0 Å². The van der Waals surface area contributed by atoms with Crippen LogP contribution in [0.1, 0.15) is 17.5 Å². The van der Waals surface area contributed by atoms with Gasteiger partial charge in [-0.3, -0.25) is 14.8 Å². The molecule has 2 amide bonds. The first-order chi connectivity index (χ1) is 20.6. The molecule has 43 heavy (non-hydrogen) atoms. The number of pyridine rings is 4. The van der Waals surface area contributed by atoms with E-state index >= 15 is 0 Å². The van der Waals surface area contributed by atoms with Crippen molar-refractivity contribution in [3.05, 3.63) is 72.3 Å². The normalized spacial score (nSPS) is 19.0. The molecule has 1 atom stereocenters. The van der Waals surface area contributed by atoms with Crippen molar-refractivity contribution in [1.29, 1.82) is 0 Å². The number of nitrogens with zero attached hydrogens (tertiary/aromatic N) is 6. The van der Waals surface area contributed by atoms with Crippen LogP contribution in [0.5, 0.6) is 0 Å². The molecule has 1 spiro atoms. The second-order valence-corrected chi connectivity index (χ2v) is 12.7. The van der Waals surface area contributed by atoms with Gasteiger partial charge in [-0.05, 0) is 36.4 Å². The van der Waals surface area contributed by atoms with Gasteiger partial charge in [-0.1, -0.05) is 6.07 Å². The number of carbonyl (C=O) groups excluding carboxylic acids is 2. The quantitative estimate of drug-likeness (QED) is 0.344. The third-order valence-electron chi connectivity index (χ3n) is 7.28. The molecule has 0 saturated carbocycles. The minimum Gasteiger partial charge on any atom is -0.437 e. The molecule has 6 rings (SSSR count).